The molecule has 5 aromatic heterocycles. The van der Waals surface area contributed by atoms with E-state index in [1.54, 1.807) is 36.8 Å². The Morgan fingerprint density at radius 2 is 1.82 bits per heavy atom. The Morgan fingerprint density at radius 1 is 0.949 bits per heavy atom. The molecule has 1 aliphatic rings. The highest BCUT2D eigenvalue weighted by Crippen LogP contribution is 2.33. The molecule has 5 heterocycles. The van der Waals surface area contributed by atoms with Crippen LogP contribution < -0.4 is 4.74 Å². The Bertz CT molecular complexity index is 1790. The second-order valence-corrected chi connectivity index (χ2v) is 10.0. The first-order valence-electron chi connectivity index (χ1n) is 13.3. The summed E-state index contributed by atoms with van der Waals surface area (Å²) >= 11 is 0. The van der Waals surface area contributed by atoms with Gasteiger partial charge in [-0.2, -0.15) is 5.10 Å². The van der Waals surface area contributed by atoms with Gasteiger partial charge in [-0.05, 0) is 49.1 Å². The number of nitrogens with zero attached hydrogens (tertiary/aromatic N) is 5. The number of benzene rings is 1. The molecule has 1 fully saturated rings. The lowest BCUT2D eigenvalue weighted by Crippen LogP contribution is -2.15. The van der Waals surface area contributed by atoms with E-state index in [1.165, 1.54) is 38.2 Å². The highest BCUT2D eigenvalue weighted by Gasteiger charge is 2.18. The third-order valence-electron chi connectivity index (χ3n) is 7.43. The number of halogens is 1. The van der Waals surface area contributed by atoms with E-state index < -0.39 is 0 Å². The topological polar surface area (TPSA) is 105 Å². The maximum atomic E-state index is 14.6. The summed E-state index contributed by atoms with van der Waals surface area (Å²) in [5, 5.41) is 8.25. The molecule has 0 unspecified atom stereocenters. The quantitative estimate of drug-likeness (QED) is 0.253. The average Bonchev–Trinajstić information content (AvgIpc) is 3.61. The summed E-state index contributed by atoms with van der Waals surface area (Å²) in [6, 6.07) is 12.4. The van der Waals surface area contributed by atoms with Gasteiger partial charge < -0.3 is 9.72 Å². The van der Waals surface area contributed by atoms with Gasteiger partial charge in [0.2, 0.25) is 0 Å². The normalized spacial score (nSPS) is 14.3. The van der Waals surface area contributed by atoms with Crippen molar-refractivity contribution in [2.24, 2.45) is 5.92 Å². The van der Waals surface area contributed by atoms with E-state index in [0.29, 0.717) is 39.9 Å². The Balaban J connectivity index is 1.22. The molecule has 1 aliphatic carbocycles. The standard InChI is InChI=1S/C30H26FN7O/c31-24-9-5-4-8-22(24)26-28-25(10-11-33-26)35-30(36-28)27-23-13-20(15-34-29(23)38-37-27)19-12-21(16-32-14-19)39-17-18-6-2-1-3-7-18/h4-5,8-16,18H,1-3,6-7,17H2,(H,35,36)(H,34,37,38). The van der Waals surface area contributed by atoms with Crippen LogP contribution in [0.2, 0.25) is 0 Å². The van der Waals surface area contributed by atoms with Crippen LogP contribution in [0.25, 0.3) is 56.0 Å². The van der Waals surface area contributed by atoms with Gasteiger partial charge in [-0.25, -0.2) is 14.4 Å². The molecule has 1 saturated carbocycles. The maximum absolute atomic E-state index is 14.6. The molecular formula is C30H26FN7O. The van der Waals surface area contributed by atoms with Crippen LogP contribution in [-0.2, 0) is 0 Å². The fourth-order valence-electron chi connectivity index (χ4n) is 5.37. The fraction of sp³-hybridized carbons (Fsp3) is 0.233. The Morgan fingerprint density at radius 3 is 2.72 bits per heavy atom. The first kappa shape index (κ1) is 23.5. The highest BCUT2D eigenvalue weighted by atomic mass is 19.1. The third kappa shape index (κ3) is 4.50. The van der Waals surface area contributed by atoms with E-state index in [0.717, 1.165) is 34.4 Å². The molecule has 9 heteroatoms. The van der Waals surface area contributed by atoms with Crippen molar-refractivity contribution in [2.45, 2.75) is 32.1 Å². The number of aromatic amines is 2. The number of pyridine rings is 3. The zero-order valence-corrected chi connectivity index (χ0v) is 21.2. The first-order chi connectivity index (χ1) is 19.2. The predicted molar refractivity (Wildman–Crippen MR) is 147 cm³/mol. The number of ether oxygens (including phenoxy) is 1. The highest BCUT2D eigenvalue weighted by molar-refractivity contribution is 5.96. The zero-order chi connectivity index (χ0) is 26.2. The summed E-state index contributed by atoms with van der Waals surface area (Å²) in [5.41, 5.74) is 5.27. The summed E-state index contributed by atoms with van der Waals surface area (Å²) in [7, 11) is 0. The molecule has 39 heavy (non-hydrogen) atoms. The number of rotatable bonds is 6. The molecule has 6 aromatic rings. The molecule has 0 atom stereocenters. The van der Waals surface area contributed by atoms with E-state index >= 15 is 0 Å². The van der Waals surface area contributed by atoms with Crippen LogP contribution in [0.4, 0.5) is 4.39 Å². The summed E-state index contributed by atoms with van der Waals surface area (Å²) in [6.45, 7) is 0.726. The number of H-pyrrole nitrogens is 2. The number of imidazole rings is 1. The molecule has 0 radical (unpaired) electrons. The lowest BCUT2D eigenvalue weighted by molar-refractivity contribution is 0.208. The second kappa shape index (κ2) is 9.90. The average molecular weight is 520 g/mol. The minimum absolute atomic E-state index is 0.346. The second-order valence-electron chi connectivity index (χ2n) is 10.0. The number of aromatic nitrogens is 7. The van der Waals surface area contributed by atoms with E-state index in [2.05, 4.69) is 30.1 Å². The van der Waals surface area contributed by atoms with Gasteiger partial charge >= 0.3 is 0 Å². The molecule has 0 bridgehead atoms. The smallest absolute Gasteiger partial charge is 0.181 e. The van der Waals surface area contributed by atoms with Crippen molar-refractivity contribution in [1.29, 1.82) is 0 Å². The van der Waals surface area contributed by atoms with Crippen molar-refractivity contribution in [2.75, 3.05) is 6.61 Å². The molecule has 2 N–H and O–H groups in total. The van der Waals surface area contributed by atoms with E-state index in [9.17, 15) is 4.39 Å². The summed E-state index contributed by atoms with van der Waals surface area (Å²) in [5.74, 6) is 1.60. The largest absolute Gasteiger partial charge is 0.492 e. The van der Waals surface area contributed by atoms with Gasteiger partial charge in [0.1, 0.15) is 28.5 Å². The molecule has 0 aliphatic heterocycles. The van der Waals surface area contributed by atoms with Gasteiger partial charge in [0.15, 0.2) is 11.5 Å². The third-order valence-corrected chi connectivity index (χ3v) is 7.43. The summed E-state index contributed by atoms with van der Waals surface area (Å²) in [4.78, 5) is 21.5. The van der Waals surface area contributed by atoms with E-state index in [1.807, 2.05) is 24.4 Å². The van der Waals surface area contributed by atoms with Gasteiger partial charge in [-0.1, -0.05) is 31.4 Å². The monoisotopic (exact) mass is 519 g/mol. The van der Waals surface area contributed by atoms with Crippen LogP contribution in [0.15, 0.2) is 67.3 Å². The van der Waals surface area contributed by atoms with Crippen molar-refractivity contribution >= 4 is 22.1 Å². The van der Waals surface area contributed by atoms with E-state index in [4.69, 9.17) is 9.72 Å². The molecule has 1 aromatic carbocycles. The van der Waals surface area contributed by atoms with Crippen LogP contribution >= 0.6 is 0 Å². The van der Waals surface area contributed by atoms with Crippen molar-refractivity contribution < 1.29 is 9.13 Å². The fourth-order valence-corrected chi connectivity index (χ4v) is 5.37. The predicted octanol–water partition coefficient (Wildman–Crippen LogP) is 6.72. The van der Waals surface area contributed by atoms with Crippen LogP contribution in [0, 0.1) is 11.7 Å². The van der Waals surface area contributed by atoms with Crippen molar-refractivity contribution in [3.8, 4) is 39.7 Å². The Labute approximate surface area is 223 Å². The van der Waals surface area contributed by atoms with Crippen LogP contribution in [0.5, 0.6) is 5.75 Å². The number of nitrogens with one attached hydrogen (secondary N) is 2. The summed E-state index contributed by atoms with van der Waals surface area (Å²) in [6.07, 6.45) is 13.4. The van der Waals surface area contributed by atoms with Crippen molar-refractivity contribution in [3.05, 3.63) is 73.1 Å². The minimum Gasteiger partial charge on any atom is -0.492 e. The first-order valence-corrected chi connectivity index (χ1v) is 13.3. The lowest BCUT2D eigenvalue weighted by Gasteiger charge is -2.21. The summed E-state index contributed by atoms with van der Waals surface area (Å²) < 4.78 is 20.7. The van der Waals surface area contributed by atoms with E-state index in [-0.39, 0.29) is 5.82 Å². The molecule has 194 valence electrons. The van der Waals surface area contributed by atoms with Gasteiger partial charge in [0.25, 0.3) is 0 Å². The minimum atomic E-state index is -0.346. The van der Waals surface area contributed by atoms with Crippen LogP contribution in [0.3, 0.4) is 0 Å². The Hall–Kier alpha value is -4.66. The SMILES string of the molecule is Fc1ccccc1-c1nccc2[nH]c(-c3[nH]nc4ncc(-c5cncc(OCC6CCCCC6)c5)cc34)nc12. The molecular weight excluding hydrogens is 493 g/mol. The zero-order valence-electron chi connectivity index (χ0n) is 21.2. The van der Waals surface area contributed by atoms with Crippen LogP contribution in [0.1, 0.15) is 32.1 Å². The molecule has 8 nitrogen and oxygen atoms in total. The van der Waals surface area contributed by atoms with Gasteiger partial charge in [0.05, 0.1) is 23.7 Å². The number of hydrogen-bond donors (Lipinski definition) is 2. The number of hydrogen-bond acceptors (Lipinski definition) is 6. The van der Waals surface area contributed by atoms with Crippen molar-refractivity contribution in [3.63, 3.8) is 0 Å². The molecule has 0 amide bonds. The molecule has 0 spiro atoms. The lowest BCUT2D eigenvalue weighted by atomic mass is 9.90. The number of fused-ring (bicyclic) bond motifs is 2. The van der Waals surface area contributed by atoms with Gasteiger partial charge in [-0.3, -0.25) is 15.1 Å². The Kier molecular flexibility index (Phi) is 5.96. The van der Waals surface area contributed by atoms with Gasteiger partial charge in [-0.15, -0.1) is 0 Å². The van der Waals surface area contributed by atoms with Crippen LogP contribution in [-0.4, -0.2) is 41.7 Å². The van der Waals surface area contributed by atoms with Gasteiger partial charge in [0, 0.05) is 35.3 Å². The molecule has 0 saturated heterocycles. The molecule has 7 rings (SSSR count). The maximum Gasteiger partial charge on any atom is 0.181 e. The van der Waals surface area contributed by atoms with Crippen molar-refractivity contribution in [1.82, 2.24) is 35.1 Å².